The van der Waals surface area contributed by atoms with E-state index < -0.39 is 0 Å². The molecule has 2 aromatic heterocycles. The second kappa shape index (κ2) is 5.00. The fourth-order valence-corrected chi connectivity index (χ4v) is 3.02. The first-order chi connectivity index (χ1) is 8.11. The monoisotopic (exact) mass is 250 g/mol. The van der Waals surface area contributed by atoms with E-state index in [0.717, 1.165) is 12.1 Å². The summed E-state index contributed by atoms with van der Waals surface area (Å²) in [6.45, 7) is 4.12. The van der Waals surface area contributed by atoms with Gasteiger partial charge in [0.05, 0.1) is 11.7 Å². The number of nitrogens with two attached hydrogens (primary N) is 1. The van der Waals surface area contributed by atoms with E-state index in [1.54, 1.807) is 11.3 Å². The Kier molecular flexibility index (Phi) is 3.61. The summed E-state index contributed by atoms with van der Waals surface area (Å²) in [7, 11) is 1.97. The largest absolute Gasteiger partial charge is 0.272 e. The van der Waals surface area contributed by atoms with Gasteiger partial charge in [-0.25, -0.2) is 0 Å². The molecule has 0 aliphatic carbocycles. The van der Waals surface area contributed by atoms with Gasteiger partial charge in [-0.15, -0.1) is 11.3 Å². The van der Waals surface area contributed by atoms with E-state index in [1.807, 2.05) is 18.7 Å². The van der Waals surface area contributed by atoms with Gasteiger partial charge in [0.1, 0.15) is 0 Å². The maximum atomic E-state index is 5.66. The van der Waals surface area contributed by atoms with E-state index >= 15 is 0 Å². The summed E-state index contributed by atoms with van der Waals surface area (Å²) in [5, 5.41) is 6.45. The zero-order valence-electron chi connectivity index (χ0n) is 10.4. The standard InChI is InChI=1S/C12H18N4S/c1-8-4-5-17-12(8)11(14-13)7-10-6-9(2)15-16(10)3/h4-6,11,14H,7,13H2,1-3H3. The third-order valence-electron chi connectivity index (χ3n) is 2.93. The van der Waals surface area contributed by atoms with E-state index in [9.17, 15) is 0 Å². The topological polar surface area (TPSA) is 55.9 Å². The van der Waals surface area contributed by atoms with Crippen LogP contribution >= 0.6 is 11.3 Å². The molecule has 3 N–H and O–H groups in total. The van der Waals surface area contributed by atoms with Crippen molar-refractivity contribution in [2.45, 2.75) is 26.3 Å². The van der Waals surface area contributed by atoms with Crippen LogP contribution in [0.3, 0.4) is 0 Å². The highest BCUT2D eigenvalue weighted by Crippen LogP contribution is 2.26. The number of aromatic nitrogens is 2. The molecule has 17 heavy (non-hydrogen) atoms. The van der Waals surface area contributed by atoms with Gasteiger partial charge in [-0.3, -0.25) is 16.0 Å². The minimum Gasteiger partial charge on any atom is -0.272 e. The van der Waals surface area contributed by atoms with E-state index in [4.69, 9.17) is 5.84 Å². The molecule has 5 heteroatoms. The van der Waals surface area contributed by atoms with Crippen LogP contribution < -0.4 is 11.3 Å². The maximum Gasteiger partial charge on any atom is 0.0611 e. The highest BCUT2D eigenvalue weighted by molar-refractivity contribution is 7.10. The Bertz CT molecular complexity index is 500. The van der Waals surface area contributed by atoms with Crippen LogP contribution in [0.25, 0.3) is 0 Å². The summed E-state index contributed by atoms with van der Waals surface area (Å²) in [5.41, 5.74) is 6.42. The maximum absolute atomic E-state index is 5.66. The van der Waals surface area contributed by atoms with Gasteiger partial charge >= 0.3 is 0 Å². The minimum absolute atomic E-state index is 0.157. The summed E-state index contributed by atoms with van der Waals surface area (Å²) < 4.78 is 1.92. The molecule has 0 fully saturated rings. The number of hydrogen-bond donors (Lipinski definition) is 2. The Morgan fingerprint density at radius 2 is 2.29 bits per heavy atom. The van der Waals surface area contributed by atoms with Crippen molar-refractivity contribution in [3.8, 4) is 0 Å². The van der Waals surface area contributed by atoms with Crippen molar-refractivity contribution in [2.75, 3.05) is 0 Å². The molecule has 2 rings (SSSR count). The SMILES string of the molecule is Cc1cc(CC(NN)c2sccc2C)n(C)n1. The summed E-state index contributed by atoms with van der Waals surface area (Å²) >= 11 is 1.74. The van der Waals surface area contributed by atoms with Crippen LogP contribution in [-0.2, 0) is 13.5 Å². The molecule has 0 aliphatic heterocycles. The Morgan fingerprint density at radius 1 is 1.53 bits per heavy atom. The van der Waals surface area contributed by atoms with E-state index in [0.29, 0.717) is 0 Å². The van der Waals surface area contributed by atoms with Crippen molar-refractivity contribution in [2.24, 2.45) is 12.9 Å². The molecular formula is C12H18N4S. The summed E-state index contributed by atoms with van der Waals surface area (Å²) in [6.07, 6.45) is 0.856. The summed E-state index contributed by atoms with van der Waals surface area (Å²) in [6, 6.07) is 4.39. The van der Waals surface area contributed by atoms with Crippen LogP contribution in [0, 0.1) is 13.8 Å². The molecule has 0 saturated carbocycles. The molecule has 4 nitrogen and oxygen atoms in total. The zero-order chi connectivity index (χ0) is 12.4. The number of hydrazine groups is 1. The molecule has 2 heterocycles. The third-order valence-corrected chi connectivity index (χ3v) is 4.06. The van der Waals surface area contributed by atoms with Crippen molar-refractivity contribution in [3.05, 3.63) is 39.3 Å². The minimum atomic E-state index is 0.157. The molecule has 0 aromatic carbocycles. The van der Waals surface area contributed by atoms with Crippen molar-refractivity contribution in [3.63, 3.8) is 0 Å². The lowest BCUT2D eigenvalue weighted by molar-refractivity contribution is 0.535. The molecule has 0 spiro atoms. The van der Waals surface area contributed by atoms with Crippen LogP contribution in [-0.4, -0.2) is 9.78 Å². The molecule has 0 saturated heterocycles. The quantitative estimate of drug-likeness (QED) is 0.643. The molecule has 1 unspecified atom stereocenters. The fourth-order valence-electron chi connectivity index (χ4n) is 2.03. The third kappa shape index (κ3) is 2.57. The van der Waals surface area contributed by atoms with Crippen LogP contribution in [0.15, 0.2) is 17.5 Å². The lowest BCUT2D eigenvalue weighted by atomic mass is 10.1. The number of nitrogens with zero attached hydrogens (tertiary/aromatic N) is 2. The van der Waals surface area contributed by atoms with Crippen molar-refractivity contribution >= 4 is 11.3 Å². The van der Waals surface area contributed by atoms with E-state index in [2.05, 4.69) is 35.0 Å². The lowest BCUT2D eigenvalue weighted by Crippen LogP contribution is -2.29. The highest BCUT2D eigenvalue weighted by Gasteiger charge is 2.16. The van der Waals surface area contributed by atoms with Crippen LogP contribution in [0.5, 0.6) is 0 Å². The summed E-state index contributed by atoms with van der Waals surface area (Å²) in [4.78, 5) is 1.30. The van der Waals surface area contributed by atoms with Crippen LogP contribution in [0.2, 0.25) is 0 Å². The molecule has 2 aromatic rings. The predicted molar refractivity (Wildman–Crippen MR) is 70.8 cm³/mol. The average molecular weight is 250 g/mol. The lowest BCUT2D eigenvalue weighted by Gasteiger charge is -2.15. The van der Waals surface area contributed by atoms with Gasteiger partial charge in [0, 0.05) is 24.0 Å². The van der Waals surface area contributed by atoms with Gasteiger partial charge in [-0.05, 0) is 36.9 Å². The predicted octanol–water partition coefficient (Wildman–Crippen LogP) is 1.85. The van der Waals surface area contributed by atoms with Gasteiger partial charge < -0.3 is 0 Å². The molecular weight excluding hydrogens is 232 g/mol. The average Bonchev–Trinajstić information content (AvgIpc) is 2.82. The first-order valence-corrected chi connectivity index (χ1v) is 6.49. The smallest absolute Gasteiger partial charge is 0.0611 e. The molecule has 0 radical (unpaired) electrons. The first-order valence-electron chi connectivity index (χ1n) is 5.61. The normalized spacial score (nSPS) is 12.9. The molecule has 0 aliphatic rings. The Morgan fingerprint density at radius 3 is 2.76 bits per heavy atom. The highest BCUT2D eigenvalue weighted by atomic mass is 32.1. The van der Waals surface area contributed by atoms with Gasteiger partial charge in [0.25, 0.3) is 0 Å². The van der Waals surface area contributed by atoms with Crippen LogP contribution in [0.1, 0.15) is 27.9 Å². The van der Waals surface area contributed by atoms with Gasteiger partial charge in [0.2, 0.25) is 0 Å². The fraction of sp³-hybridized carbons (Fsp3) is 0.417. The molecule has 92 valence electrons. The number of rotatable bonds is 4. The zero-order valence-corrected chi connectivity index (χ0v) is 11.2. The Balaban J connectivity index is 2.21. The molecule has 0 bridgehead atoms. The second-order valence-electron chi connectivity index (χ2n) is 4.29. The number of aryl methyl sites for hydroxylation is 3. The van der Waals surface area contributed by atoms with E-state index in [-0.39, 0.29) is 6.04 Å². The Labute approximate surface area is 105 Å². The summed E-state index contributed by atoms with van der Waals surface area (Å²) in [5.74, 6) is 5.66. The van der Waals surface area contributed by atoms with Gasteiger partial charge in [0.15, 0.2) is 0 Å². The van der Waals surface area contributed by atoms with Crippen molar-refractivity contribution < 1.29 is 0 Å². The molecule has 0 amide bonds. The number of thiophene rings is 1. The number of nitrogens with one attached hydrogen (secondary N) is 1. The van der Waals surface area contributed by atoms with Crippen molar-refractivity contribution in [1.29, 1.82) is 0 Å². The van der Waals surface area contributed by atoms with Gasteiger partial charge in [-0.2, -0.15) is 5.10 Å². The Hall–Kier alpha value is -1.17. The molecule has 1 atom stereocenters. The van der Waals surface area contributed by atoms with Crippen LogP contribution in [0.4, 0.5) is 0 Å². The number of hydrogen-bond acceptors (Lipinski definition) is 4. The van der Waals surface area contributed by atoms with Crippen molar-refractivity contribution in [1.82, 2.24) is 15.2 Å². The second-order valence-corrected chi connectivity index (χ2v) is 5.24. The van der Waals surface area contributed by atoms with E-state index in [1.165, 1.54) is 16.1 Å². The van der Waals surface area contributed by atoms with Gasteiger partial charge in [-0.1, -0.05) is 0 Å². The first kappa shape index (κ1) is 12.3.